The smallest absolute Gasteiger partial charge is 0.271 e. The molecule has 2 aliphatic rings. The predicted molar refractivity (Wildman–Crippen MR) is 104 cm³/mol. The SMILES string of the molecule is CCOc1ccc([C@@]2(O)CN(c3ccccc3C)C3=[N+]2CCCC3)cc1. The summed E-state index contributed by atoms with van der Waals surface area (Å²) in [4.78, 5) is 2.31. The van der Waals surface area contributed by atoms with Gasteiger partial charge in [0.1, 0.15) is 11.4 Å². The summed E-state index contributed by atoms with van der Waals surface area (Å²) in [6.07, 6.45) is 3.30. The number of benzene rings is 2. The van der Waals surface area contributed by atoms with Crippen LogP contribution < -0.4 is 9.64 Å². The number of anilines is 1. The van der Waals surface area contributed by atoms with Gasteiger partial charge in [0.25, 0.3) is 11.6 Å². The van der Waals surface area contributed by atoms with Gasteiger partial charge in [-0.05, 0) is 62.6 Å². The van der Waals surface area contributed by atoms with Crippen LogP contribution in [0.3, 0.4) is 0 Å². The van der Waals surface area contributed by atoms with E-state index in [-0.39, 0.29) is 0 Å². The molecule has 1 atom stereocenters. The molecule has 136 valence electrons. The van der Waals surface area contributed by atoms with E-state index in [4.69, 9.17) is 4.74 Å². The van der Waals surface area contributed by atoms with Crippen molar-refractivity contribution in [3.63, 3.8) is 0 Å². The van der Waals surface area contributed by atoms with Crippen LogP contribution in [0.15, 0.2) is 48.5 Å². The molecule has 2 aliphatic heterocycles. The highest BCUT2D eigenvalue weighted by molar-refractivity contribution is 5.96. The van der Waals surface area contributed by atoms with E-state index in [1.807, 2.05) is 31.2 Å². The Balaban J connectivity index is 1.75. The Morgan fingerprint density at radius 1 is 1.12 bits per heavy atom. The summed E-state index contributed by atoms with van der Waals surface area (Å²) in [5.41, 5.74) is 2.36. The van der Waals surface area contributed by atoms with Gasteiger partial charge < -0.3 is 9.84 Å². The van der Waals surface area contributed by atoms with Crippen molar-refractivity contribution in [3.8, 4) is 5.75 Å². The van der Waals surface area contributed by atoms with Gasteiger partial charge in [0.2, 0.25) is 0 Å². The van der Waals surface area contributed by atoms with Crippen molar-refractivity contribution < 1.29 is 14.4 Å². The van der Waals surface area contributed by atoms with Crippen molar-refractivity contribution in [3.05, 3.63) is 59.7 Å². The lowest BCUT2D eigenvalue weighted by Crippen LogP contribution is -2.41. The maximum absolute atomic E-state index is 11.7. The summed E-state index contributed by atoms with van der Waals surface area (Å²) >= 11 is 0. The first-order valence-corrected chi connectivity index (χ1v) is 9.56. The van der Waals surface area contributed by atoms with Crippen molar-refractivity contribution in [2.75, 3.05) is 24.6 Å². The Morgan fingerprint density at radius 3 is 2.62 bits per heavy atom. The number of hydrogen-bond donors (Lipinski definition) is 1. The standard InChI is InChI=1S/C22H27N2O2/c1-3-26-19-13-11-18(12-14-19)22(25)16-23(20-9-5-4-8-17(20)2)21-10-6-7-15-24(21)22/h4-5,8-9,11-14,25H,3,6-7,10,15-16H2,1-2H3/q+1/t22-/m0/s1. The number of amidine groups is 1. The molecule has 2 aromatic rings. The van der Waals surface area contributed by atoms with E-state index in [9.17, 15) is 5.11 Å². The van der Waals surface area contributed by atoms with Crippen LogP contribution in [0, 0.1) is 6.92 Å². The van der Waals surface area contributed by atoms with Crippen LogP contribution >= 0.6 is 0 Å². The second-order valence-electron chi connectivity index (χ2n) is 7.17. The molecular formula is C22H27N2O2+. The Labute approximate surface area is 155 Å². The zero-order valence-corrected chi connectivity index (χ0v) is 15.6. The fourth-order valence-corrected chi connectivity index (χ4v) is 4.22. The lowest BCUT2D eigenvalue weighted by atomic mass is 10.0. The van der Waals surface area contributed by atoms with Crippen LogP contribution in [0.4, 0.5) is 5.69 Å². The molecule has 26 heavy (non-hydrogen) atoms. The maximum atomic E-state index is 11.7. The minimum atomic E-state index is -0.997. The van der Waals surface area contributed by atoms with Crippen LogP contribution in [0.25, 0.3) is 0 Å². The van der Waals surface area contributed by atoms with Crippen molar-refractivity contribution >= 4 is 11.5 Å². The molecule has 1 N–H and O–H groups in total. The van der Waals surface area contributed by atoms with Gasteiger partial charge in [-0.2, -0.15) is 0 Å². The molecule has 2 heterocycles. The highest BCUT2D eigenvalue weighted by atomic mass is 16.5. The van der Waals surface area contributed by atoms with Crippen LogP contribution in [0.2, 0.25) is 0 Å². The van der Waals surface area contributed by atoms with E-state index < -0.39 is 5.72 Å². The summed E-state index contributed by atoms with van der Waals surface area (Å²) in [6, 6.07) is 16.3. The first kappa shape index (κ1) is 17.1. The number of hydrogen-bond acceptors (Lipinski definition) is 3. The molecule has 0 spiro atoms. The largest absolute Gasteiger partial charge is 0.494 e. The second-order valence-corrected chi connectivity index (χ2v) is 7.17. The third-order valence-electron chi connectivity index (χ3n) is 5.51. The minimum Gasteiger partial charge on any atom is -0.494 e. The Bertz CT molecular complexity index is 828. The van der Waals surface area contributed by atoms with Gasteiger partial charge in [0.15, 0.2) is 6.54 Å². The zero-order chi connectivity index (χ0) is 18.1. The molecule has 4 nitrogen and oxygen atoms in total. The van der Waals surface area contributed by atoms with Crippen LogP contribution in [0.5, 0.6) is 5.75 Å². The van der Waals surface area contributed by atoms with E-state index >= 15 is 0 Å². The van der Waals surface area contributed by atoms with Crippen LogP contribution in [-0.4, -0.2) is 35.2 Å². The first-order chi connectivity index (χ1) is 12.6. The molecule has 0 unspecified atom stereocenters. The molecule has 0 saturated carbocycles. The lowest BCUT2D eigenvalue weighted by Gasteiger charge is -2.24. The highest BCUT2D eigenvalue weighted by Crippen LogP contribution is 2.37. The number of β-amino-alcohol motifs (C(OH)–C–C–N with tert-alkyl or cyclic N) is 1. The normalized spacial score (nSPS) is 22.5. The number of rotatable bonds is 4. The topological polar surface area (TPSA) is 35.7 Å². The van der Waals surface area contributed by atoms with E-state index in [2.05, 4.69) is 40.7 Å². The van der Waals surface area contributed by atoms with Crippen molar-refractivity contribution in [1.82, 2.24) is 0 Å². The molecule has 0 bridgehead atoms. The van der Waals surface area contributed by atoms with Gasteiger partial charge >= 0.3 is 0 Å². The number of nitrogens with zero attached hydrogens (tertiary/aromatic N) is 2. The third kappa shape index (κ3) is 2.78. The fraction of sp³-hybridized carbons (Fsp3) is 0.409. The monoisotopic (exact) mass is 351 g/mol. The van der Waals surface area contributed by atoms with E-state index in [0.717, 1.165) is 30.7 Å². The van der Waals surface area contributed by atoms with Crippen LogP contribution in [-0.2, 0) is 5.72 Å². The molecule has 0 aliphatic carbocycles. The quantitative estimate of drug-likeness (QED) is 0.854. The molecule has 4 rings (SSSR count). The number of aryl methyl sites for hydroxylation is 1. The Hall–Kier alpha value is -2.33. The molecule has 0 fully saturated rings. The predicted octanol–water partition coefficient (Wildman–Crippen LogP) is 3.65. The van der Waals surface area contributed by atoms with Gasteiger partial charge in [0, 0.05) is 12.0 Å². The van der Waals surface area contributed by atoms with Gasteiger partial charge in [-0.15, -0.1) is 0 Å². The Morgan fingerprint density at radius 2 is 1.88 bits per heavy atom. The molecule has 0 amide bonds. The summed E-state index contributed by atoms with van der Waals surface area (Å²) in [5, 5.41) is 11.7. The summed E-state index contributed by atoms with van der Waals surface area (Å²) < 4.78 is 7.77. The summed E-state index contributed by atoms with van der Waals surface area (Å²) in [5.74, 6) is 2.08. The zero-order valence-electron chi connectivity index (χ0n) is 15.6. The van der Waals surface area contributed by atoms with Crippen LogP contribution in [0.1, 0.15) is 37.3 Å². The highest BCUT2D eigenvalue weighted by Gasteiger charge is 2.52. The lowest BCUT2D eigenvalue weighted by molar-refractivity contribution is -0.661. The summed E-state index contributed by atoms with van der Waals surface area (Å²) in [6.45, 7) is 6.21. The third-order valence-corrected chi connectivity index (χ3v) is 5.51. The van der Waals surface area contributed by atoms with E-state index in [0.29, 0.717) is 13.2 Å². The maximum Gasteiger partial charge on any atom is 0.271 e. The number of aliphatic hydroxyl groups is 1. The second kappa shape index (κ2) is 6.76. The molecule has 4 heteroatoms. The van der Waals surface area contributed by atoms with Gasteiger partial charge in [0.05, 0.1) is 13.2 Å². The van der Waals surface area contributed by atoms with Gasteiger partial charge in [-0.3, -0.25) is 0 Å². The molecule has 0 aromatic heterocycles. The van der Waals surface area contributed by atoms with E-state index in [1.54, 1.807) is 0 Å². The molecule has 0 saturated heterocycles. The minimum absolute atomic E-state index is 0.557. The average molecular weight is 351 g/mol. The van der Waals surface area contributed by atoms with Crippen molar-refractivity contribution in [2.24, 2.45) is 0 Å². The van der Waals surface area contributed by atoms with Crippen molar-refractivity contribution in [1.29, 1.82) is 0 Å². The molecule has 2 aromatic carbocycles. The van der Waals surface area contributed by atoms with Gasteiger partial charge in [-0.1, -0.05) is 18.2 Å². The number of para-hydroxylation sites is 1. The molecule has 0 radical (unpaired) electrons. The summed E-state index contributed by atoms with van der Waals surface area (Å²) in [7, 11) is 0. The van der Waals surface area contributed by atoms with Gasteiger partial charge in [-0.25, -0.2) is 9.48 Å². The van der Waals surface area contributed by atoms with E-state index in [1.165, 1.54) is 23.5 Å². The van der Waals surface area contributed by atoms with Crippen molar-refractivity contribution in [2.45, 2.75) is 38.8 Å². The molecular weight excluding hydrogens is 324 g/mol. The fourth-order valence-electron chi connectivity index (χ4n) is 4.22. The average Bonchev–Trinajstić information content (AvgIpc) is 2.97. The first-order valence-electron chi connectivity index (χ1n) is 9.56. The number of ether oxygens (including phenoxy) is 1. The Kier molecular flexibility index (Phi) is 4.45.